The fourth-order valence-corrected chi connectivity index (χ4v) is 2.83. The van der Waals surface area contributed by atoms with E-state index in [9.17, 15) is 4.79 Å². The minimum atomic E-state index is -0.109. The molecule has 0 aliphatic rings. The zero-order valence-corrected chi connectivity index (χ0v) is 15.7. The van der Waals surface area contributed by atoms with E-state index in [4.69, 9.17) is 0 Å². The van der Waals surface area contributed by atoms with E-state index < -0.39 is 0 Å². The summed E-state index contributed by atoms with van der Waals surface area (Å²) in [7, 11) is 0. The average molecular weight is 356 g/mol. The van der Waals surface area contributed by atoms with Crippen molar-refractivity contribution in [3.63, 3.8) is 0 Å². The molecular weight excluding hydrogens is 332 g/mol. The second-order valence-corrected chi connectivity index (χ2v) is 6.44. The van der Waals surface area contributed by atoms with Crippen LogP contribution in [0.3, 0.4) is 0 Å². The molecule has 3 aromatic carbocycles. The molecule has 27 heavy (non-hydrogen) atoms. The van der Waals surface area contributed by atoms with E-state index in [1.807, 2.05) is 55.5 Å². The Bertz CT molecular complexity index is 928. The van der Waals surface area contributed by atoms with Crippen molar-refractivity contribution in [2.24, 2.45) is 0 Å². The van der Waals surface area contributed by atoms with Crippen LogP contribution >= 0.6 is 0 Å². The highest BCUT2D eigenvalue weighted by molar-refractivity contribution is 6.04. The maximum Gasteiger partial charge on any atom is 0.255 e. The van der Waals surface area contributed by atoms with Gasteiger partial charge in [-0.15, -0.1) is 0 Å². The molecule has 0 aromatic heterocycles. The Labute approximate surface area is 160 Å². The van der Waals surface area contributed by atoms with E-state index in [1.165, 1.54) is 11.1 Å². The Kier molecular flexibility index (Phi) is 6.06. The number of nitrogens with one attached hydrogen (secondary N) is 2. The van der Waals surface area contributed by atoms with E-state index in [-0.39, 0.29) is 5.91 Å². The van der Waals surface area contributed by atoms with Gasteiger partial charge in [-0.25, -0.2) is 0 Å². The molecule has 0 spiro atoms. The van der Waals surface area contributed by atoms with Crippen LogP contribution in [0.1, 0.15) is 34.0 Å². The molecule has 0 unspecified atom stereocenters. The average Bonchev–Trinajstić information content (AvgIpc) is 2.71. The molecule has 3 rings (SSSR count). The summed E-state index contributed by atoms with van der Waals surface area (Å²) in [5.41, 5.74) is 5.98. The first-order chi connectivity index (χ1) is 13.2. The van der Waals surface area contributed by atoms with Crippen molar-refractivity contribution in [2.75, 3.05) is 5.32 Å². The first-order valence-corrected chi connectivity index (χ1v) is 9.08. The zero-order chi connectivity index (χ0) is 19.1. The van der Waals surface area contributed by atoms with Gasteiger partial charge in [0.1, 0.15) is 0 Å². The third-order valence-corrected chi connectivity index (χ3v) is 4.36. The van der Waals surface area contributed by atoms with Gasteiger partial charge in [0, 0.05) is 23.5 Å². The van der Waals surface area contributed by atoms with Gasteiger partial charge >= 0.3 is 0 Å². The minimum absolute atomic E-state index is 0.109. The van der Waals surface area contributed by atoms with Crippen LogP contribution in [0.15, 0.2) is 84.9 Å². The highest BCUT2D eigenvalue weighted by Crippen LogP contribution is 2.18. The maximum absolute atomic E-state index is 12.4. The van der Waals surface area contributed by atoms with Crippen LogP contribution in [-0.2, 0) is 6.54 Å². The van der Waals surface area contributed by atoms with E-state index in [1.54, 1.807) is 12.1 Å². The number of amides is 1. The largest absolute Gasteiger partial charge is 0.381 e. The molecule has 0 heterocycles. The number of benzene rings is 3. The molecule has 0 radical (unpaired) electrons. The third kappa shape index (κ3) is 5.08. The predicted molar refractivity (Wildman–Crippen MR) is 113 cm³/mol. The lowest BCUT2D eigenvalue weighted by atomic mass is 10.1. The Hall–Kier alpha value is -3.33. The first kappa shape index (κ1) is 18.5. The second-order valence-electron chi connectivity index (χ2n) is 6.44. The molecule has 0 aliphatic heterocycles. The van der Waals surface area contributed by atoms with Crippen molar-refractivity contribution in [2.45, 2.75) is 20.4 Å². The normalized spacial score (nSPS) is 11.1. The van der Waals surface area contributed by atoms with E-state index in [0.29, 0.717) is 5.56 Å². The van der Waals surface area contributed by atoms with Gasteiger partial charge in [-0.05, 0) is 49.2 Å². The van der Waals surface area contributed by atoms with Crippen molar-refractivity contribution in [1.82, 2.24) is 5.32 Å². The number of hydrogen-bond donors (Lipinski definition) is 2. The molecule has 2 N–H and O–H groups in total. The van der Waals surface area contributed by atoms with Gasteiger partial charge in [-0.1, -0.05) is 66.2 Å². The molecule has 0 fully saturated rings. The SMILES string of the molecule is C/C=C(\NCc1ccc(C)cc1)c1cccc(NC(=O)c2ccccc2)c1. The number of carbonyl (C=O) groups excluding carboxylic acids is 1. The Morgan fingerprint density at radius 2 is 1.59 bits per heavy atom. The molecular formula is C24H24N2O. The fraction of sp³-hybridized carbons (Fsp3) is 0.125. The monoisotopic (exact) mass is 356 g/mol. The number of aryl methyl sites for hydroxylation is 1. The summed E-state index contributed by atoms with van der Waals surface area (Å²) in [6.07, 6.45) is 2.05. The van der Waals surface area contributed by atoms with Gasteiger partial charge in [0.25, 0.3) is 5.91 Å². The summed E-state index contributed by atoms with van der Waals surface area (Å²) >= 11 is 0. The molecule has 0 saturated heterocycles. The molecule has 0 bridgehead atoms. The number of hydrogen-bond acceptors (Lipinski definition) is 2. The lowest BCUT2D eigenvalue weighted by Crippen LogP contribution is -2.13. The minimum Gasteiger partial charge on any atom is -0.381 e. The van der Waals surface area contributed by atoms with E-state index >= 15 is 0 Å². The summed E-state index contributed by atoms with van der Waals surface area (Å²) < 4.78 is 0. The van der Waals surface area contributed by atoms with Crippen molar-refractivity contribution in [1.29, 1.82) is 0 Å². The highest BCUT2D eigenvalue weighted by atomic mass is 16.1. The standard InChI is InChI=1S/C24H24N2O/c1-3-23(25-17-19-14-12-18(2)13-15-19)21-10-7-11-22(16-21)26-24(27)20-8-5-4-6-9-20/h3-16,25H,17H2,1-2H3,(H,26,27)/b23-3-. The van der Waals surface area contributed by atoms with Crippen LogP contribution in [0.4, 0.5) is 5.69 Å². The lowest BCUT2D eigenvalue weighted by molar-refractivity contribution is 0.102. The van der Waals surface area contributed by atoms with Crippen LogP contribution < -0.4 is 10.6 Å². The van der Waals surface area contributed by atoms with Gasteiger partial charge < -0.3 is 10.6 Å². The molecule has 1 amide bonds. The first-order valence-electron chi connectivity index (χ1n) is 9.08. The smallest absolute Gasteiger partial charge is 0.255 e. The second kappa shape index (κ2) is 8.86. The van der Waals surface area contributed by atoms with Gasteiger partial charge in [-0.3, -0.25) is 4.79 Å². The van der Waals surface area contributed by atoms with Crippen LogP contribution in [-0.4, -0.2) is 5.91 Å². The highest BCUT2D eigenvalue weighted by Gasteiger charge is 2.07. The van der Waals surface area contributed by atoms with Gasteiger partial charge in [0.05, 0.1) is 0 Å². The number of carbonyl (C=O) groups is 1. The Balaban J connectivity index is 1.69. The number of anilines is 1. The summed E-state index contributed by atoms with van der Waals surface area (Å²) in [6, 6.07) is 25.6. The molecule has 0 atom stereocenters. The van der Waals surface area contributed by atoms with Crippen LogP contribution in [0, 0.1) is 6.92 Å². The Morgan fingerprint density at radius 3 is 2.30 bits per heavy atom. The molecule has 0 saturated carbocycles. The van der Waals surface area contributed by atoms with Crippen LogP contribution in [0.25, 0.3) is 5.70 Å². The summed E-state index contributed by atoms with van der Waals surface area (Å²) in [5, 5.41) is 6.45. The topological polar surface area (TPSA) is 41.1 Å². The molecule has 3 aromatic rings. The number of rotatable bonds is 6. The summed E-state index contributed by atoms with van der Waals surface area (Å²) in [4.78, 5) is 12.4. The molecule has 0 aliphatic carbocycles. The van der Waals surface area contributed by atoms with Gasteiger partial charge in [-0.2, -0.15) is 0 Å². The molecule has 3 nitrogen and oxygen atoms in total. The number of allylic oxidation sites excluding steroid dienone is 1. The van der Waals surface area contributed by atoms with Gasteiger partial charge in [0.15, 0.2) is 0 Å². The maximum atomic E-state index is 12.4. The molecule has 136 valence electrons. The third-order valence-electron chi connectivity index (χ3n) is 4.36. The van der Waals surface area contributed by atoms with E-state index in [0.717, 1.165) is 23.5 Å². The van der Waals surface area contributed by atoms with Crippen LogP contribution in [0.2, 0.25) is 0 Å². The van der Waals surface area contributed by atoms with Gasteiger partial charge in [0.2, 0.25) is 0 Å². The van der Waals surface area contributed by atoms with Crippen molar-refractivity contribution in [3.8, 4) is 0 Å². The van der Waals surface area contributed by atoms with E-state index in [2.05, 4.69) is 41.8 Å². The molecule has 3 heteroatoms. The zero-order valence-electron chi connectivity index (χ0n) is 15.7. The lowest BCUT2D eigenvalue weighted by Gasteiger charge is -2.13. The Morgan fingerprint density at radius 1 is 0.889 bits per heavy atom. The quantitative estimate of drug-likeness (QED) is 0.621. The summed E-state index contributed by atoms with van der Waals surface area (Å²) in [6.45, 7) is 4.84. The van der Waals surface area contributed by atoms with Crippen LogP contribution in [0.5, 0.6) is 0 Å². The van der Waals surface area contributed by atoms with Crippen molar-refractivity contribution in [3.05, 3.63) is 107 Å². The fourth-order valence-electron chi connectivity index (χ4n) is 2.83. The van der Waals surface area contributed by atoms with Crippen molar-refractivity contribution >= 4 is 17.3 Å². The summed E-state index contributed by atoms with van der Waals surface area (Å²) in [5.74, 6) is -0.109. The predicted octanol–water partition coefficient (Wildman–Crippen LogP) is 5.40. The van der Waals surface area contributed by atoms with Crippen molar-refractivity contribution < 1.29 is 4.79 Å².